The molecule has 0 unspecified atom stereocenters. The van der Waals surface area contributed by atoms with E-state index in [9.17, 15) is 0 Å². The van der Waals surface area contributed by atoms with E-state index in [1.54, 1.807) is 11.3 Å². The second kappa shape index (κ2) is 6.29. The van der Waals surface area contributed by atoms with E-state index in [4.69, 9.17) is 4.74 Å². The standard InChI is InChI=1S/C17H20N4OS/c1-13-11-21-16(18-13)23-17(19-21)20-9-7-15(8-10-20)22-12-14-5-3-2-4-6-14/h2-6,11,15H,7-10,12H2,1H3. The van der Waals surface area contributed by atoms with Crippen LogP contribution >= 0.6 is 11.3 Å². The van der Waals surface area contributed by atoms with E-state index in [2.05, 4.69) is 39.2 Å². The number of hydrogen-bond acceptors (Lipinski definition) is 5. The third-order valence-corrected chi connectivity index (χ3v) is 5.18. The van der Waals surface area contributed by atoms with Crippen molar-refractivity contribution in [1.82, 2.24) is 14.6 Å². The van der Waals surface area contributed by atoms with Crippen LogP contribution in [0.2, 0.25) is 0 Å². The molecule has 0 spiro atoms. The number of aryl methyl sites for hydroxylation is 1. The molecule has 0 atom stereocenters. The highest BCUT2D eigenvalue weighted by atomic mass is 32.1. The van der Waals surface area contributed by atoms with Crippen molar-refractivity contribution >= 4 is 21.4 Å². The molecule has 4 rings (SSSR count). The first-order chi connectivity index (χ1) is 11.3. The fourth-order valence-electron chi connectivity index (χ4n) is 2.93. The smallest absolute Gasteiger partial charge is 0.214 e. The lowest BCUT2D eigenvalue weighted by Crippen LogP contribution is -2.37. The highest BCUT2D eigenvalue weighted by Gasteiger charge is 2.22. The van der Waals surface area contributed by atoms with Gasteiger partial charge in [0, 0.05) is 13.1 Å². The molecule has 3 aromatic rings. The zero-order valence-corrected chi connectivity index (χ0v) is 14.0. The molecule has 23 heavy (non-hydrogen) atoms. The van der Waals surface area contributed by atoms with E-state index < -0.39 is 0 Å². The monoisotopic (exact) mass is 328 g/mol. The topological polar surface area (TPSA) is 42.7 Å². The third kappa shape index (κ3) is 3.23. The number of rotatable bonds is 4. The number of fused-ring (bicyclic) bond motifs is 1. The van der Waals surface area contributed by atoms with Crippen molar-refractivity contribution in [3.8, 4) is 0 Å². The molecule has 1 aliphatic rings. The molecule has 120 valence electrons. The van der Waals surface area contributed by atoms with E-state index in [1.165, 1.54) is 5.56 Å². The normalized spacial score (nSPS) is 16.3. The summed E-state index contributed by atoms with van der Waals surface area (Å²) in [6.45, 7) is 4.69. The summed E-state index contributed by atoms with van der Waals surface area (Å²) >= 11 is 1.66. The number of nitrogens with zero attached hydrogens (tertiary/aromatic N) is 4. The molecule has 0 aliphatic carbocycles. The minimum absolute atomic E-state index is 0.345. The number of aromatic nitrogens is 3. The van der Waals surface area contributed by atoms with Crippen LogP contribution in [-0.4, -0.2) is 33.8 Å². The SMILES string of the molecule is Cc1cn2nc(N3CCC(OCc4ccccc4)CC3)sc2n1. The van der Waals surface area contributed by atoms with Crippen molar-refractivity contribution in [1.29, 1.82) is 0 Å². The molecule has 2 aromatic heterocycles. The number of hydrogen-bond donors (Lipinski definition) is 0. The van der Waals surface area contributed by atoms with Gasteiger partial charge in [0.25, 0.3) is 0 Å². The van der Waals surface area contributed by atoms with Crippen LogP contribution in [0.15, 0.2) is 36.5 Å². The number of ether oxygens (including phenoxy) is 1. The minimum atomic E-state index is 0.345. The summed E-state index contributed by atoms with van der Waals surface area (Å²) in [5, 5.41) is 5.70. The maximum Gasteiger partial charge on any atom is 0.214 e. The van der Waals surface area contributed by atoms with E-state index in [-0.39, 0.29) is 0 Å². The van der Waals surface area contributed by atoms with Crippen molar-refractivity contribution in [2.75, 3.05) is 18.0 Å². The lowest BCUT2D eigenvalue weighted by molar-refractivity contribution is 0.0251. The summed E-state index contributed by atoms with van der Waals surface area (Å²) in [5.74, 6) is 0. The Morgan fingerprint density at radius 2 is 2.00 bits per heavy atom. The minimum Gasteiger partial charge on any atom is -0.373 e. The van der Waals surface area contributed by atoms with Crippen LogP contribution in [0.5, 0.6) is 0 Å². The Morgan fingerprint density at radius 1 is 1.22 bits per heavy atom. The molecule has 0 amide bonds. The average molecular weight is 328 g/mol. The van der Waals surface area contributed by atoms with Crippen molar-refractivity contribution in [2.45, 2.75) is 32.5 Å². The van der Waals surface area contributed by atoms with Crippen LogP contribution in [0, 0.1) is 6.92 Å². The van der Waals surface area contributed by atoms with Gasteiger partial charge in [-0.3, -0.25) is 0 Å². The quantitative estimate of drug-likeness (QED) is 0.737. The molecular weight excluding hydrogens is 308 g/mol. The summed E-state index contributed by atoms with van der Waals surface area (Å²) in [4.78, 5) is 7.79. The van der Waals surface area contributed by atoms with Crippen molar-refractivity contribution in [2.24, 2.45) is 0 Å². The maximum atomic E-state index is 6.05. The molecule has 1 saturated heterocycles. The predicted molar refractivity (Wildman–Crippen MR) is 92.1 cm³/mol. The van der Waals surface area contributed by atoms with Gasteiger partial charge in [-0.25, -0.2) is 9.50 Å². The Balaban J connectivity index is 1.32. The van der Waals surface area contributed by atoms with Crippen LogP contribution in [0.25, 0.3) is 4.96 Å². The second-order valence-electron chi connectivity index (χ2n) is 5.98. The Morgan fingerprint density at radius 3 is 2.74 bits per heavy atom. The first kappa shape index (κ1) is 14.7. The second-order valence-corrected chi connectivity index (χ2v) is 6.91. The molecule has 0 bridgehead atoms. The number of anilines is 1. The Hall–Kier alpha value is -1.92. The molecule has 1 aromatic carbocycles. The molecule has 0 saturated carbocycles. The summed E-state index contributed by atoms with van der Waals surface area (Å²) in [5.41, 5.74) is 2.26. The van der Waals surface area contributed by atoms with E-state index in [0.717, 1.165) is 41.7 Å². The van der Waals surface area contributed by atoms with Gasteiger partial charge in [-0.2, -0.15) is 0 Å². The molecule has 3 heterocycles. The summed E-state index contributed by atoms with van der Waals surface area (Å²) in [7, 11) is 0. The zero-order chi connectivity index (χ0) is 15.6. The predicted octanol–water partition coefficient (Wildman–Crippen LogP) is 3.28. The van der Waals surface area contributed by atoms with Gasteiger partial charge in [-0.05, 0) is 25.3 Å². The van der Waals surface area contributed by atoms with Crippen LogP contribution in [0.1, 0.15) is 24.1 Å². The van der Waals surface area contributed by atoms with Gasteiger partial charge in [-0.15, -0.1) is 5.10 Å². The van der Waals surface area contributed by atoms with Crippen molar-refractivity contribution in [3.05, 3.63) is 47.8 Å². The summed E-state index contributed by atoms with van der Waals surface area (Å²) < 4.78 is 7.93. The van der Waals surface area contributed by atoms with Crippen LogP contribution < -0.4 is 4.90 Å². The molecular formula is C17H20N4OS. The van der Waals surface area contributed by atoms with E-state index >= 15 is 0 Å². The zero-order valence-electron chi connectivity index (χ0n) is 13.2. The molecule has 0 N–H and O–H groups in total. The third-order valence-electron chi connectivity index (χ3n) is 4.19. The Bertz CT molecular complexity index is 743. The van der Waals surface area contributed by atoms with Gasteiger partial charge in [0.1, 0.15) is 0 Å². The number of benzene rings is 1. The van der Waals surface area contributed by atoms with Gasteiger partial charge in [0.05, 0.1) is 24.6 Å². The maximum absolute atomic E-state index is 6.05. The largest absolute Gasteiger partial charge is 0.373 e. The fourth-order valence-corrected chi connectivity index (χ4v) is 3.91. The molecule has 0 radical (unpaired) electrons. The Kier molecular flexibility index (Phi) is 4.01. The molecule has 5 nitrogen and oxygen atoms in total. The van der Waals surface area contributed by atoms with Crippen LogP contribution in [0.3, 0.4) is 0 Å². The Labute approximate surface area is 139 Å². The number of imidazole rings is 1. The lowest BCUT2D eigenvalue weighted by atomic mass is 10.1. The number of piperidine rings is 1. The average Bonchev–Trinajstić information content (AvgIpc) is 3.12. The molecule has 6 heteroatoms. The first-order valence-corrected chi connectivity index (χ1v) is 8.83. The molecule has 1 fully saturated rings. The summed E-state index contributed by atoms with van der Waals surface area (Å²) in [6, 6.07) is 10.4. The summed E-state index contributed by atoms with van der Waals surface area (Å²) in [6.07, 6.45) is 4.42. The van der Waals surface area contributed by atoms with E-state index in [1.807, 2.05) is 23.7 Å². The van der Waals surface area contributed by atoms with Gasteiger partial charge < -0.3 is 9.64 Å². The van der Waals surface area contributed by atoms with Gasteiger partial charge >= 0.3 is 0 Å². The lowest BCUT2D eigenvalue weighted by Gasteiger charge is -2.31. The highest BCUT2D eigenvalue weighted by molar-refractivity contribution is 7.20. The van der Waals surface area contributed by atoms with Crippen molar-refractivity contribution in [3.63, 3.8) is 0 Å². The molecule has 1 aliphatic heterocycles. The van der Waals surface area contributed by atoms with Crippen molar-refractivity contribution < 1.29 is 4.74 Å². The van der Waals surface area contributed by atoms with Crippen LogP contribution in [0.4, 0.5) is 5.13 Å². The van der Waals surface area contributed by atoms with Gasteiger partial charge in [0.15, 0.2) is 0 Å². The van der Waals surface area contributed by atoms with E-state index in [0.29, 0.717) is 12.7 Å². The fraction of sp³-hybridized carbons (Fsp3) is 0.412. The first-order valence-electron chi connectivity index (χ1n) is 8.01. The highest BCUT2D eigenvalue weighted by Crippen LogP contribution is 2.26. The van der Waals surface area contributed by atoms with Crippen LogP contribution in [-0.2, 0) is 11.3 Å². The van der Waals surface area contributed by atoms with Gasteiger partial charge in [0.2, 0.25) is 10.1 Å². The van der Waals surface area contributed by atoms with Gasteiger partial charge in [-0.1, -0.05) is 41.7 Å².